The normalized spacial score (nSPS) is 48.6. The van der Waals surface area contributed by atoms with Gasteiger partial charge in [0.2, 0.25) is 0 Å². The Hall–Kier alpha value is -0.0800. The number of nitrogens with zero attached hydrogens (tertiary/aromatic N) is 2. The third kappa shape index (κ3) is 1.98. The molecule has 0 aromatic carbocycles. The summed E-state index contributed by atoms with van der Waals surface area (Å²) in [6, 6.07) is 1.67. The summed E-state index contributed by atoms with van der Waals surface area (Å²) in [5, 5.41) is 0. The van der Waals surface area contributed by atoms with Crippen molar-refractivity contribution < 1.29 is 0 Å². The van der Waals surface area contributed by atoms with Crippen LogP contribution < -0.4 is 0 Å². The Balaban J connectivity index is 1.42. The Morgan fingerprint density at radius 1 is 1.05 bits per heavy atom. The predicted octanol–water partition coefficient (Wildman–Crippen LogP) is 3.37. The minimum atomic E-state index is 0.351. The molecule has 5 atom stereocenters. The van der Waals surface area contributed by atoms with Crippen LogP contribution in [0.4, 0.5) is 0 Å². The SMILES string of the molecule is C[C@@H]1C[C@@]2(CN3C[C@H]4CCC[C@H]4C3)C[C@H]2N1C(C)(C)C. The molecule has 0 bridgehead atoms. The van der Waals surface area contributed by atoms with Crippen LogP contribution >= 0.6 is 0 Å². The van der Waals surface area contributed by atoms with E-state index in [1.807, 2.05) is 0 Å². The zero-order valence-electron chi connectivity index (χ0n) is 13.9. The number of hydrogen-bond donors (Lipinski definition) is 0. The summed E-state index contributed by atoms with van der Waals surface area (Å²) < 4.78 is 0. The van der Waals surface area contributed by atoms with E-state index in [2.05, 4.69) is 37.5 Å². The van der Waals surface area contributed by atoms with Gasteiger partial charge >= 0.3 is 0 Å². The van der Waals surface area contributed by atoms with Crippen molar-refractivity contribution >= 4 is 0 Å². The first kappa shape index (κ1) is 13.6. The number of piperidine rings is 1. The van der Waals surface area contributed by atoms with Gasteiger partial charge in [-0.05, 0) is 65.2 Å². The lowest BCUT2D eigenvalue weighted by atomic mass is 9.99. The molecular formula is C18H32N2. The highest BCUT2D eigenvalue weighted by Crippen LogP contribution is 2.62. The third-order valence-corrected chi connectivity index (χ3v) is 6.77. The van der Waals surface area contributed by atoms with Crippen molar-refractivity contribution in [1.82, 2.24) is 9.80 Å². The zero-order chi connectivity index (χ0) is 14.1. The standard InChI is InChI=1S/C18H32N2/c1-13-8-18(9-16(18)20(13)17(2,3)4)12-19-10-14-6-5-7-15(14)11-19/h13-16H,5-12H2,1-4H3/t13-,14-,15+,16-,18+/m1/s1. The molecule has 2 nitrogen and oxygen atoms in total. The number of fused-ring (bicyclic) bond motifs is 2. The quantitative estimate of drug-likeness (QED) is 0.763. The van der Waals surface area contributed by atoms with Crippen LogP contribution in [0, 0.1) is 17.3 Å². The van der Waals surface area contributed by atoms with Crippen molar-refractivity contribution in [2.75, 3.05) is 19.6 Å². The van der Waals surface area contributed by atoms with Crippen LogP contribution in [0.3, 0.4) is 0 Å². The van der Waals surface area contributed by atoms with Gasteiger partial charge in [-0.15, -0.1) is 0 Å². The van der Waals surface area contributed by atoms with Gasteiger partial charge < -0.3 is 4.90 Å². The van der Waals surface area contributed by atoms with Crippen LogP contribution in [0.15, 0.2) is 0 Å². The summed E-state index contributed by atoms with van der Waals surface area (Å²) in [4.78, 5) is 5.66. The fourth-order valence-corrected chi connectivity index (χ4v) is 6.20. The summed E-state index contributed by atoms with van der Waals surface area (Å²) in [6.07, 6.45) is 7.46. The second-order valence-electron chi connectivity index (χ2n) is 9.36. The first-order valence-electron chi connectivity index (χ1n) is 8.90. The molecule has 0 unspecified atom stereocenters. The average Bonchev–Trinajstić information content (AvgIpc) is 2.63. The van der Waals surface area contributed by atoms with Crippen molar-refractivity contribution in [3.05, 3.63) is 0 Å². The maximum atomic E-state index is 2.84. The lowest BCUT2D eigenvalue weighted by Gasteiger charge is -2.37. The van der Waals surface area contributed by atoms with Crippen LogP contribution in [-0.2, 0) is 0 Å². The molecule has 2 heterocycles. The largest absolute Gasteiger partial charge is 0.302 e. The smallest absolute Gasteiger partial charge is 0.0179 e. The monoisotopic (exact) mass is 276 g/mol. The van der Waals surface area contributed by atoms with Crippen LogP contribution in [0.1, 0.15) is 59.8 Å². The first-order chi connectivity index (χ1) is 9.39. The molecule has 0 aromatic rings. The fraction of sp³-hybridized carbons (Fsp3) is 1.00. The van der Waals surface area contributed by atoms with Gasteiger partial charge in [-0.2, -0.15) is 0 Å². The van der Waals surface area contributed by atoms with E-state index in [1.165, 1.54) is 51.7 Å². The van der Waals surface area contributed by atoms with E-state index >= 15 is 0 Å². The molecule has 4 rings (SSSR count). The van der Waals surface area contributed by atoms with Crippen molar-refractivity contribution in [1.29, 1.82) is 0 Å². The van der Waals surface area contributed by atoms with Crippen LogP contribution in [0.5, 0.6) is 0 Å². The lowest BCUT2D eigenvalue weighted by Crippen LogP contribution is -2.45. The minimum Gasteiger partial charge on any atom is -0.302 e. The minimum absolute atomic E-state index is 0.351. The van der Waals surface area contributed by atoms with Crippen molar-refractivity contribution in [3.8, 4) is 0 Å². The van der Waals surface area contributed by atoms with E-state index in [-0.39, 0.29) is 0 Å². The Morgan fingerprint density at radius 2 is 1.70 bits per heavy atom. The van der Waals surface area contributed by atoms with Gasteiger partial charge in [0.25, 0.3) is 0 Å². The van der Waals surface area contributed by atoms with Gasteiger partial charge in [0.1, 0.15) is 0 Å². The fourth-order valence-electron chi connectivity index (χ4n) is 6.20. The molecule has 0 spiro atoms. The highest BCUT2D eigenvalue weighted by Gasteiger charge is 2.65. The number of rotatable bonds is 2. The summed E-state index contributed by atoms with van der Waals surface area (Å²) in [6.45, 7) is 13.9. The Bertz CT molecular complexity index is 387. The Morgan fingerprint density at radius 3 is 2.25 bits per heavy atom. The van der Waals surface area contributed by atoms with Crippen molar-refractivity contribution in [2.24, 2.45) is 17.3 Å². The Labute approximate surface area is 124 Å². The molecule has 2 saturated heterocycles. The highest BCUT2D eigenvalue weighted by molar-refractivity contribution is 5.19. The molecule has 0 radical (unpaired) electrons. The second-order valence-corrected chi connectivity index (χ2v) is 9.36. The van der Waals surface area contributed by atoms with E-state index in [9.17, 15) is 0 Å². The van der Waals surface area contributed by atoms with Crippen LogP contribution in [0.25, 0.3) is 0 Å². The second kappa shape index (κ2) is 4.23. The molecule has 2 heteroatoms. The molecule has 20 heavy (non-hydrogen) atoms. The predicted molar refractivity (Wildman–Crippen MR) is 83.8 cm³/mol. The topological polar surface area (TPSA) is 6.48 Å². The number of hydrogen-bond acceptors (Lipinski definition) is 2. The molecule has 2 aliphatic heterocycles. The van der Waals surface area contributed by atoms with E-state index in [0.717, 1.165) is 23.9 Å². The van der Waals surface area contributed by atoms with Crippen molar-refractivity contribution in [3.63, 3.8) is 0 Å². The van der Waals surface area contributed by atoms with E-state index in [4.69, 9.17) is 0 Å². The van der Waals surface area contributed by atoms with E-state index in [1.54, 1.807) is 0 Å². The molecule has 114 valence electrons. The third-order valence-electron chi connectivity index (χ3n) is 6.77. The van der Waals surface area contributed by atoms with Gasteiger partial charge in [-0.25, -0.2) is 0 Å². The highest BCUT2D eigenvalue weighted by atomic mass is 15.3. The molecule has 4 aliphatic rings. The zero-order valence-corrected chi connectivity index (χ0v) is 13.9. The van der Waals surface area contributed by atoms with Crippen molar-refractivity contribution in [2.45, 2.75) is 77.4 Å². The summed E-state index contributed by atoms with van der Waals surface area (Å²) in [7, 11) is 0. The average molecular weight is 276 g/mol. The molecule has 0 amide bonds. The lowest BCUT2D eigenvalue weighted by molar-refractivity contribution is 0.104. The molecule has 4 fully saturated rings. The summed E-state index contributed by atoms with van der Waals surface area (Å²) in [5.74, 6) is 2.11. The number of likely N-dealkylation sites (tertiary alicyclic amines) is 2. The van der Waals surface area contributed by atoms with Gasteiger partial charge in [-0.1, -0.05) is 6.42 Å². The molecule has 2 aliphatic carbocycles. The Kier molecular flexibility index (Phi) is 2.87. The van der Waals surface area contributed by atoms with Crippen LogP contribution in [0.2, 0.25) is 0 Å². The van der Waals surface area contributed by atoms with Gasteiger partial charge in [0.05, 0.1) is 0 Å². The van der Waals surface area contributed by atoms with Gasteiger partial charge in [-0.3, -0.25) is 4.90 Å². The maximum absolute atomic E-state index is 2.84. The van der Waals surface area contributed by atoms with Crippen LogP contribution in [-0.4, -0.2) is 47.1 Å². The van der Waals surface area contributed by atoms with E-state index < -0.39 is 0 Å². The molecular weight excluding hydrogens is 244 g/mol. The van der Waals surface area contributed by atoms with E-state index in [0.29, 0.717) is 11.0 Å². The van der Waals surface area contributed by atoms with Gasteiger partial charge in [0.15, 0.2) is 0 Å². The van der Waals surface area contributed by atoms with Gasteiger partial charge in [0, 0.05) is 42.7 Å². The molecule has 2 saturated carbocycles. The summed E-state index contributed by atoms with van der Waals surface area (Å²) >= 11 is 0. The summed E-state index contributed by atoms with van der Waals surface area (Å²) in [5.41, 5.74) is 1.02. The molecule has 0 aromatic heterocycles. The first-order valence-corrected chi connectivity index (χ1v) is 8.90. The molecule has 0 N–H and O–H groups in total. The maximum Gasteiger partial charge on any atom is 0.0179 e.